The molecule has 21 heavy (non-hydrogen) atoms. The number of rotatable bonds is 4. The highest BCUT2D eigenvalue weighted by Gasteiger charge is 2.32. The monoisotopic (exact) mass is 295 g/mol. The highest BCUT2D eigenvalue weighted by Crippen LogP contribution is 2.26. The van der Waals surface area contributed by atoms with Crippen LogP contribution in [0, 0.1) is 5.92 Å². The fourth-order valence-electron chi connectivity index (χ4n) is 3.46. The lowest BCUT2D eigenvalue weighted by atomic mass is 9.95. The van der Waals surface area contributed by atoms with Gasteiger partial charge >= 0.3 is 0 Å². The minimum absolute atomic E-state index is 0.0288. The van der Waals surface area contributed by atoms with Crippen LogP contribution >= 0.6 is 0 Å². The van der Waals surface area contributed by atoms with Crippen LogP contribution in [0.15, 0.2) is 0 Å². The van der Waals surface area contributed by atoms with Crippen molar-refractivity contribution >= 4 is 11.8 Å². The molecule has 0 bridgehead atoms. The van der Waals surface area contributed by atoms with Gasteiger partial charge in [0.25, 0.3) is 0 Å². The molecule has 2 aliphatic rings. The lowest BCUT2D eigenvalue weighted by Gasteiger charge is -2.36. The third-order valence-corrected chi connectivity index (χ3v) is 4.66. The highest BCUT2D eigenvalue weighted by atomic mass is 16.2. The summed E-state index contributed by atoms with van der Waals surface area (Å²) in [5, 5.41) is 6.06. The van der Waals surface area contributed by atoms with Crippen molar-refractivity contribution in [3.63, 3.8) is 0 Å². The first-order valence-electron chi connectivity index (χ1n) is 8.50. The first-order valence-corrected chi connectivity index (χ1v) is 8.50. The van der Waals surface area contributed by atoms with E-state index >= 15 is 0 Å². The average Bonchev–Trinajstić information content (AvgIpc) is 2.76. The number of amides is 2. The van der Waals surface area contributed by atoms with Crippen molar-refractivity contribution in [1.29, 1.82) is 0 Å². The van der Waals surface area contributed by atoms with Gasteiger partial charge in [-0.25, -0.2) is 0 Å². The van der Waals surface area contributed by atoms with Gasteiger partial charge in [0.1, 0.15) is 6.04 Å². The van der Waals surface area contributed by atoms with Gasteiger partial charge in [0.15, 0.2) is 0 Å². The Balaban J connectivity index is 1.92. The lowest BCUT2D eigenvalue weighted by molar-refractivity contribution is -0.142. The van der Waals surface area contributed by atoms with Gasteiger partial charge in [0.05, 0.1) is 0 Å². The van der Waals surface area contributed by atoms with E-state index in [0.717, 1.165) is 6.54 Å². The zero-order chi connectivity index (χ0) is 15.1. The summed E-state index contributed by atoms with van der Waals surface area (Å²) in [7, 11) is 0. The Bertz CT molecular complexity index is 351. The predicted molar refractivity (Wildman–Crippen MR) is 82.9 cm³/mol. The smallest absolute Gasteiger partial charge is 0.244 e. The zero-order valence-electron chi connectivity index (χ0n) is 13.2. The van der Waals surface area contributed by atoms with Crippen LogP contribution in [0.25, 0.3) is 0 Å². The Morgan fingerprint density at radius 3 is 2.57 bits per heavy atom. The van der Waals surface area contributed by atoms with Crippen molar-refractivity contribution in [3.8, 4) is 0 Å². The quantitative estimate of drug-likeness (QED) is 0.768. The molecule has 1 heterocycles. The average molecular weight is 295 g/mol. The summed E-state index contributed by atoms with van der Waals surface area (Å²) < 4.78 is 0. The topological polar surface area (TPSA) is 61.4 Å². The van der Waals surface area contributed by atoms with E-state index in [1.807, 2.05) is 6.92 Å². The Labute approximate surface area is 127 Å². The fraction of sp³-hybridized carbons (Fsp3) is 0.875. The summed E-state index contributed by atoms with van der Waals surface area (Å²) in [6.07, 6.45) is 8.07. The molecule has 120 valence electrons. The predicted octanol–water partition coefficient (Wildman–Crippen LogP) is 1.28. The normalized spacial score (nSPS) is 24.4. The lowest BCUT2D eigenvalue weighted by Crippen LogP contribution is -2.59. The maximum atomic E-state index is 12.6. The Morgan fingerprint density at radius 2 is 1.90 bits per heavy atom. The number of hydrogen-bond acceptors (Lipinski definition) is 3. The SMILES string of the molecule is CCNC(=O)C1CNCCN1C(=O)CC1CCCCCC1. The zero-order valence-corrected chi connectivity index (χ0v) is 13.2. The van der Waals surface area contributed by atoms with Gasteiger partial charge in [0.2, 0.25) is 11.8 Å². The van der Waals surface area contributed by atoms with Crippen LogP contribution in [0.2, 0.25) is 0 Å². The van der Waals surface area contributed by atoms with E-state index in [1.54, 1.807) is 4.90 Å². The molecule has 0 radical (unpaired) electrons. The molecule has 2 fully saturated rings. The van der Waals surface area contributed by atoms with E-state index in [1.165, 1.54) is 38.5 Å². The second-order valence-electron chi connectivity index (χ2n) is 6.26. The van der Waals surface area contributed by atoms with E-state index in [9.17, 15) is 9.59 Å². The molecule has 5 heteroatoms. The number of likely N-dealkylation sites (N-methyl/N-ethyl adjacent to an activating group) is 1. The van der Waals surface area contributed by atoms with Gasteiger partial charge in [-0.05, 0) is 25.7 Å². The molecule has 2 N–H and O–H groups in total. The van der Waals surface area contributed by atoms with Gasteiger partial charge < -0.3 is 15.5 Å². The van der Waals surface area contributed by atoms with Crippen LogP contribution in [0.3, 0.4) is 0 Å². The summed E-state index contributed by atoms with van der Waals surface area (Å²) in [6.45, 7) is 4.52. The minimum Gasteiger partial charge on any atom is -0.355 e. The molecular weight excluding hydrogens is 266 g/mol. The molecule has 1 aliphatic heterocycles. The number of carbonyl (C=O) groups excluding carboxylic acids is 2. The van der Waals surface area contributed by atoms with Crippen molar-refractivity contribution in [1.82, 2.24) is 15.5 Å². The highest BCUT2D eigenvalue weighted by molar-refractivity contribution is 5.88. The number of hydrogen-bond donors (Lipinski definition) is 2. The van der Waals surface area contributed by atoms with Crippen molar-refractivity contribution in [3.05, 3.63) is 0 Å². The molecule has 0 aromatic rings. The molecule has 1 saturated heterocycles. The fourth-order valence-corrected chi connectivity index (χ4v) is 3.46. The summed E-state index contributed by atoms with van der Waals surface area (Å²) in [6, 6.07) is -0.336. The van der Waals surface area contributed by atoms with Gasteiger partial charge in [-0.2, -0.15) is 0 Å². The van der Waals surface area contributed by atoms with Gasteiger partial charge in [-0.15, -0.1) is 0 Å². The molecule has 1 aliphatic carbocycles. The molecule has 1 saturated carbocycles. The summed E-state index contributed by atoms with van der Waals surface area (Å²) in [5.41, 5.74) is 0. The van der Waals surface area contributed by atoms with Crippen LogP contribution in [0.4, 0.5) is 0 Å². The molecule has 1 unspecified atom stereocenters. The van der Waals surface area contributed by atoms with Crippen molar-refractivity contribution in [2.75, 3.05) is 26.2 Å². The Hall–Kier alpha value is -1.10. The number of piperazine rings is 1. The Kier molecular flexibility index (Phi) is 6.49. The maximum absolute atomic E-state index is 12.6. The molecule has 1 atom stereocenters. The van der Waals surface area contributed by atoms with Gasteiger partial charge in [-0.3, -0.25) is 9.59 Å². The maximum Gasteiger partial charge on any atom is 0.244 e. The number of carbonyl (C=O) groups is 2. The van der Waals surface area contributed by atoms with E-state index in [4.69, 9.17) is 0 Å². The first-order chi connectivity index (χ1) is 10.2. The number of nitrogens with one attached hydrogen (secondary N) is 2. The molecule has 0 aromatic heterocycles. The molecule has 2 rings (SSSR count). The van der Waals surface area contributed by atoms with E-state index in [2.05, 4.69) is 10.6 Å². The number of nitrogens with zero attached hydrogens (tertiary/aromatic N) is 1. The third-order valence-electron chi connectivity index (χ3n) is 4.66. The van der Waals surface area contributed by atoms with Gasteiger partial charge in [0, 0.05) is 32.6 Å². The van der Waals surface area contributed by atoms with Crippen molar-refractivity contribution < 1.29 is 9.59 Å². The molecule has 0 spiro atoms. The first kappa shape index (κ1) is 16.3. The van der Waals surface area contributed by atoms with Crippen LogP contribution in [-0.4, -0.2) is 48.9 Å². The second-order valence-corrected chi connectivity index (χ2v) is 6.26. The van der Waals surface area contributed by atoms with E-state index in [-0.39, 0.29) is 17.9 Å². The largest absolute Gasteiger partial charge is 0.355 e. The Morgan fingerprint density at radius 1 is 1.19 bits per heavy atom. The van der Waals surface area contributed by atoms with Crippen molar-refractivity contribution in [2.24, 2.45) is 5.92 Å². The molecular formula is C16H29N3O2. The summed E-state index contributed by atoms with van der Waals surface area (Å²) in [5.74, 6) is 0.656. The van der Waals surface area contributed by atoms with Crippen LogP contribution < -0.4 is 10.6 Å². The molecule has 0 aromatic carbocycles. The third kappa shape index (κ3) is 4.70. The van der Waals surface area contributed by atoms with Crippen LogP contribution in [-0.2, 0) is 9.59 Å². The van der Waals surface area contributed by atoms with Crippen LogP contribution in [0.1, 0.15) is 51.9 Å². The summed E-state index contributed by atoms with van der Waals surface area (Å²) >= 11 is 0. The van der Waals surface area contributed by atoms with Crippen LogP contribution in [0.5, 0.6) is 0 Å². The van der Waals surface area contributed by atoms with Crippen molar-refractivity contribution in [2.45, 2.75) is 57.9 Å². The summed E-state index contributed by atoms with van der Waals surface area (Å²) in [4.78, 5) is 26.5. The minimum atomic E-state index is -0.336. The standard InChI is InChI=1S/C16H29N3O2/c1-2-18-16(21)14-12-17-9-10-19(14)15(20)11-13-7-5-3-4-6-8-13/h13-14,17H,2-12H2,1H3,(H,18,21). The molecule has 2 amide bonds. The molecule has 5 nitrogen and oxygen atoms in total. The van der Waals surface area contributed by atoms with Gasteiger partial charge in [-0.1, -0.05) is 25.7 Å². The second kappa shape index (κ2) is 8.37. The van der Waals surface area contributed by atoms with E-state index < -0.39 is 0 Å². The van der Waals surface area contributed by atoms with E-state index in [0.29, 0.717) is 32.0 Å².